The minimum absolute atomic E-state index is 0.444. The molecule has 0 aromatic rings. The molecular weight excluding hydrogens is 167 g/mol. The second kappa shape index (κ2) is 3.90. The maximum Gasteiger partial charge on any atom is 0.148 e. The molecule has 0 amide bonds. The first-order valence-electron chi connectivity index (χ1n) is 1.63. The van der Waals surface area contributed by atoms with Gasteiger partial charge in [0, 0.05) is 12.3 Å². The predicted octanol–water partition coefficient (Wildman–Crippen LogP) is 1.77. The van der Waals surface area contributed by atoms with Crippen molar-refractivity contribution in [2.24, 2.45) is 0 Å². The lowest BCUT2D eigenvalue weighted by Crippen LogP contribution is -1.90. The Hall–Kier alpha value is 0.730. The molecule has 0 heterocycles. The molecule has 0 bridgehead atoms. The van der Waals surface area contributed by atoms with Gasteiger partial charge in [0.25, 0.3) is 0 Å². The van der Waals surface area contributed by atoms with E-state index in [9.17, 15) is 5.11 Å². The molecule has 0 aliphatic heterocycles. The molecule has 0 saturated heterocycles. The number of alkyl halides is 2. The summed E-state index contributed by atoms with van der Waals surface area (Å²) in [6.07, 6.45) is 0.502. The molecule has 0 aliphatic carbocycles. The predicted molar refractivity (Wildman–Crippen MR) is 28.7 cm³/mol. The minimum atomic E-state index is -0.671. The zero-order valence-corrected chi connectivity index (χ0v) is 5.50. The van der Waals surface area contributed by atoms with E-state index < -0.39 is 5.01 Å². The summed E-state index contributed by atoms with van der Waals surface area (Å²) in [5.41, 5.74) is 0. The van der Waals surface area contributed by atoms with Crippen LogP contribution in [0, 0.1) is 0 Å². The number of rotatable bonds is 2. The van der Waals surface area contributed by atoms with Gasteiger partial charge >= 0.3 is 0 Å². The molecule has 37 valence electrons. The van der Waals surface area contributed by atoms with Crippen molar-refractivity contribution in [1.82, 2.24) is 0 Å². The van der Waals surface area contributed by atoms with Gasteiger partial charge in [0.15, 0.2) is 0 Å². The Morgan fingerprint density at radius 3 is 2.33 bits per heavy atom. The van der Waals surface area contributed by atoms with Gasteiger partial charge in [-0.1, -0.05) is 15.9 Å². The third-order valence-corrected chi connectivity index (χ3v) is 1.01. The monoisotopic (exact) mass is 171 g/mol. The third-order valence-electron chi connectivity index (χ3n) is 0.336. The number of halogens is 2. The molecule has 1 nitrogen and oxygen atoms in total. The largest absolute Gasteiger partial charge is 0.221 e. The Morgan fingerprint density at radius 2 is 2.33 bits per heavy atom. The standard InChI is InChI=1S/C3H5BrClO/c4-3(6)1-2-5/h3H,1-2H2. The van der Waals surface area contributed by atoms with Crippen molar-refractivity contribution in [2.75, 3.05) is 5.88 Å². The van der Waals surface area contributed by atoms with E-state index in [2.05, 4.69) is 15.9 Å². The molecule has 3 heteroatoms. The molecule has 0 aromatic carbocycles. The SMILES string of the molecule is [O]C(Br)CCCl. The van der Waals surface area contributed by atoms with E-state index in [1.165, 1.54) is 0 Å². The fourth-order valence-electron chi connectivity index (χ4n) is 0.0858. The van der Waals surface area contributed by atoms with E-state index in [4.69, 9.17) is 11.6 Å². The number of hydrogen-bond acceptors (Lipinski definition) is 0. The van der Waals surface area contributed by atoms with E-state index in [1.807, 2.05) is 0 Å². The van der Waals surface area contributed by atoms with Gasteiger partial charge in [0.05, 0.1) is 0 Å². The van der Waals surface area contributed by atoms with Gasteiger partial charge in [0.1, 0.15) is 5.01 Å². The van der Waals surface area contributed by atoms with Crippen LogP contribution in [0.1, 0.15) is 6.42 Å². The Labute approximate surface area is 50.4 Å². The van der Waals surface area contributed by atoms with Crippen LogP contribution in [0.25, 0.3) is 0 Å². The lowest BCUT2D eigenvalue weighted by Gasteiger charge is -1.88. The summed E-state index contributed by atoms with van der Waals surface area (Å²) in [4.78, 5) is 0. The van der Waals surface area contributed by atoms with Gasteiger partial charge < -0.3 is 0 Å². The Kier molecular flexibility index (Phi) is 4.38. The zero-order chi connectivity index (χ0) is 4.99. The fraction of sp³-hybridized carbons (Fsp3) is 1.00. The molecule has 0 fully saturated rings. The Balaban J connectivity index is 2.63. The lowest BCUT2D eigenvalue weighted by molar-refractivity contribution is 0.168. The summed E-state index contributed by atoms with van der Waals surface area (Å²) in [5, 5.41) is 9.29. The van der Waals surface area contributed by atoms with Crippen molar-refractivity contribution in [3.8, 4) is 0 Å². The summed E-state index contributed by atoms with van der Waals surface area (Å²) in [5.74, 6) is 0.444. The minimum Gasteiger partial charge on any atom is -0.221 e. The maximum absolute atomic E-state index is 9.96. The molecule has 6 heavy (non-hydrogen) atoms. The van der Waals surface area contributed by atoms with Crippen molar-refractivity contribution in [1.29, 1.82) is 0 Å². The molecular formula is C3H5BrClO. The molecule has 0 aromatic heterocycles. The van der Waals surface area contributed by atoms with Crippen LogP contribution in [0.3, 0.4) is 0 Å². The van der Waals surface area contributed by atoms with Crippen molar-refractivity contribution < 1.29 is 5.11 Å². The Bertz CT molecular complexity index is 32.0. The van der Waals surface area contributed by atoms with E-state index in [-0.39, 0.29) is 0 Å². The molecule has 0 spiro atoms. The Morgan fingerprint density at radius 1 is 1.83 bits per heavy atom. The molecule has 0 N–H and O–H groups in total. The summed E-state index contributed by atoms with van der Waals surface area (Å²) >= 11 is 7.96. The van der Waals surface area contributed by atoms with Crippen LogP contribution in [-0.2, 0) is 5.11 Å². The second-order valence-electron chi connectivity index (χ2n) is 0.888. The zero-order valence-electron chi connectivity index (χ0n) is 3.16. The summed E-state index contributed by atoms with van der Waals surface area (Å²) < 4.78 is 0. The molecule has 1 atom stereocenters. The van der Waals surface area contributed by atoms with Crippen LogP contribution >= 0.6 is 27.5 Å². The number of hydrogen-bond donors (Lipinski definition) is 0. The van der Waals surface area contributed by atoms with Crippen LogP contribution < -0.4 is 0 Å². The van der Waals surface area contributed by atoms with Crippen LogP contribution in [0.4, 0.5) is 0 Å². The smallest absolute Gasteiger partial charge is 0.148 e. The van der Waals surface area contributed by atoms with Gasteiger partial charge in [-0.3, -0.25) is 0 Å². The highest BCUT2D eigenvalue weighted by Gasteiger charge is 1.93. The first-order chi connectivity index (χ1) is 2.77. The summed E-state index contributed by atoms with van der Waals surface area (Å²) in [6, 6.07) is 0. The van der Waals surface area contributed by atoms with E-state index in [0.717, 1.165) is 0 Å². The first kappa shape index (κ1) is 6.73. The van der Waals surface area contributed by atoms with E-state index in [0.29, 0.717) is 12.3 Å². The topological polar surface area (TPSA) is 19.9 Å². The van der Waals surface area contributed by atoms with Gasteiger partial charge in [-0.15, -0.1) is 11.6 Å². The second-order valence-corrected chi connectivity index (χ2v) is 2.29. The van der Waals surface area contributed by atoms with Crippen molar-refractivity contribution in [3.63, 3.8) is 0 Å². The highest BCUT2D eigenvalue weighted by Crippen LogP contribution is 2.00. The van der Waals surface area contributed by atoms with Crippen LogP contribution in [0.2, 0.25) is 0 Å². The van der Waals surface area contributed by atoms with Crippen molar-refractivity contribution in [3.05, 3.63) is 0 Å². The van der Waals surface area contributed by atoms with Crippen LogP contribution in [-0.4, -0.2) is 10.9 Å². The van der Waals surface area contributed by atoms with E-state index >= 15 is 0 Å². The average molecular weight is 172 g/mol. The molecule has 0 saturated carbocycles. The van der Waals surface area contributed by atoms with Gasteiger partial charge in [0.2, 0.25) is 0 Å². The van der Waals surface area contributed by atoms with Crippen molar-refractivity contribution in [2.45, 2.75) is 11.4 Å². The van der Waals surface area contributed by atoms with Gasteiger partial charge in [-0.2, -0.15) is 0 Å². The summed E-state index contributed by atoms with van der Waals surface area (Å²) in [6.45, 7) is 0. The third kappa shape index (κ3) is 4.73. The van der Waals surface area contributed by atoms with E-state index in [1.54, 1.807) is 0 Å². The molecule has 1 radical (unpaired) electrons. The quantitative estimate of drug-likeness (QED) is 0.566. The average Bonchev–Trinajstić information content (AvgIpc) is 1.35. The molecule has 1 unspecified atom stereocenters. The van der Waals surface area contributed by atoms with Gasteiger partial charge in [-0.05, 0) is 0 Å². The highest BCUT2D eigenvalue weighted by atomic mass is 79.9. The summed E-state index contributed by atoms with van der Waals surface area (Å²) in [7, 11) is 0. The first-order valence-corrected chi connectivity index (χ1v) is 3.08. The highest BCUT2D eigenvalue weighted by molar-refractivity contribution is 9.09. The maximum atomic E-state index is 9.96. The molecule has 0 aliphatic rings. The van der Waals surface area contributed by atoms with Crippen LogP contribution in [0.15, 0.2) is 0 Å². The fourth-order valence-corrected chi connectivity index (χ4v) is 0.776. The normalized spacial score (nSPS) is 14.5. The van der Waals surface area contributed by atoms with Crippen molar-refractivity contribution >= 4 is 27.5 Å². The lowest BCUT2D eigenvalue weighted by atomic mass is 10.5. The molecule has 0 rings (SSSR count). The van der Waals surface area contributed by atoms with Crippen LogP contribution in [0.5, 0.6) is 0 Å². The van der Waals surface area contributed by atoms with Gasteiger partial charge in [-0.25, -0.2) is 5.11 Å².